The first-order chi connectivity index (χ1) is 32.3. The number of methoxy groups -OCH3 is 3. The predicted molar refractivity (Wildman–Crippen MR) is 270 cm³/mol. The highest BCUT2D eigenvalue weighted by Crippen LogP contribution is 2.19. The molecule has 2 unspecified atom stereocenters. The second kappa shape index (κ2) is 29.7. The maximum absolute atomic E-state index is 9.34. The van der Waals surface area contributed by atoms with E-state index >= 15 is 0 Å². The van der Waals surface area contributed by atoms with Gasteiger partial charge in [-0.15, -0.1) is 5.10 Å². The summed E-state index contributed by atoms with van der Waals surface area (Å²) in [6.45, 7) is 29.5. The molecule has 1 aliphatic rings. The number of hydrogen-bond acceptors (Lipinski definition) is 11. The number of aromatic nitrogens is 11. The minimum atomic E-state index is -0.388. The van der Waals surface area contributed by atoms with Gasteiger partial charge in [-0.1, -0.05) is 75.3 Å². The fourth-order valence-electron chi connectivity index (χ4n) is 6.82. The second-order valence-electron chi connectivity index (χ2n) is 18.9. The summed E-state index contributed by atoms with van der Waals surface area (Å²) in [7, 11) is 6.91. The highest BCUT2D eigenvalue weighted by molar-refractivity contribution is 5.17. The van der Waals surface area contributed by atoms with Crippen LogP contribution in [-0.4, -0.2) is 99.6 Å². The van der Waals surface area contributed by atoms with Crippen LogP contribution in [0.25, 0.3) is 0 Å². The van der Waals surface area contributed by atoms with Gasteiger partial charge in [0.05, 0.1) is 92.0 Å². The van der Waals surface area contributed by atoms with E-state index < -0.39 is 0 Å². The fourth-order valence-corrected chi connectivity index (χ4v) is 6.82. The summed E-state index contributed by atoms with van der Waals surface area (Å²) < 4.78 is 28.5. The van der Waals surface area contributed by atoms with Gasteiger partial charge in [0.25, 0.3) is 0 Å². The van der Waals surface area contributed by atoms with Crippen LogP contribution in [0.4, 0.5) is 0 Å². The van der Waals surface area contributed by atoms with E-state index in [1.165, 1.54) is 30.7 Å². The molecule has 0 aromatic carbocycles. The summed E-state index contributed by atoms with van der Waals surface area (Å²) in [4.78, 5) is 4.31. The zero-order valence-electron chi connectivity index (χ0n) is 44.2. The van der Waals surface area contributed by atoms with Crippen LogP contribution in [0, 0.1) is 6.92 Å². The first-order valence-electron chi connectivity index (χ1n) is 24.3. The zero-order valence-corrected chi connectivity index (χ0v) is 44.2. The Morgan fingerprint density at radius 2 is 1.34 bits per heavy atom. The molecule has 1 aliphatic heterocycles. The van der Waals surface area contributed by atoms with Gasteiger partial charge in [-0.2, -0.15) is 20.4 Å². The molecule has 2 N–H and O–H groups in total. The Bertz CT molecular complexity index is 2240. The molecule has 0 radical (unpaired) electrons. The molecule has 0 amide bonds. The lowest BCUT2D eigenvalue weighted by Crippen LogP contribution is -2.24. The Balaban J connectivity index is 0.000000227. The van der Waals surface area contributed by atoms with E-state index in [2.05, 4.69) is 136 Å². The van der Waals surface area contributed by atoms with E-state index in [-0.39, 0.29) is 6.10 Å². The van der Waals surface area contributed by atoms with Gasteiger partial charge in [0, 0.05) is 57.7 Å². The molecule has 7 heterocycles. The van der Waals surface area contributed by atoms with E-state index in [1.807, 2.05) is 62.3 Å². The van der Waals surface area contributed by atoms with Gasteiger partial charge in [-0.3, -0.25) is 28.8 Å². The topological polar surface area (TPSA) is 170 Å². The molecule has 2 atom stereocenters. The maximum Gasteiger partial charge on any atom is 0.232 e. The molecule has 7 rings (SSSR count). The minimum Gasteiger partial charge on any atom is -0.480 e. The monoisotopic (exact) mass is 944 g/mol. The van der Waals surface area contributed by atoms with Gasteiger partial charge in [-0.25, -0.2) is 0 Å². The molecule has 16 nitrogen and oxygen atoms in total. The van der Waals surface area contributed by atoms with Crippen LogP contribution in [0.1, 0.15) is 176 Å². The summed E-state index contributed by atoms with van der Waals surface area (Å²) in [6.07, 6.45) is 7.55. The normalized spacial score (nSPS) is 13.9. The van der Waals surface area contributed by atoms with E-state index in [0.717, 1.165) is 59.6 Å². The Labute approximate surface area is 407 Å². The number of rotatable bonds is 16. The summed E-state index contributed by atoms with van der Waals surface area (Å²) in [5.41, 5.74) is 9.98. The molecule has 0 aliphatic carbocycles. The summed E-state index contributed by atoms with van der Waals surface area (Å²) in [5.74, 6) is 3.01. The number of nitrogens with zero attached hydrogens (tertiary/aromatic N) is 10. The number of ether oxygens (including phenoxy) is 4. The number of aromatic amines is 1. The van der Waals surface area contributed by atoms with Crippen molar-refractivity contribution < 1.29 is 24.1 Å². The Hall–Kier alpha value is -5.16. The molecule has 1 fully saturated rings. The molecule has 6 aromatic rings. The van der Waals surface area contributed by atoms with Gasteiger partial charge < -0.3 is 24.1 Å². The van der Waals surface area contributed by atoms with Crippen LogP contribution in [0.15, 0.2) is 60.9 Å². The lowest BCUT2D eigenvalue weighted by molar-refractivity contribution is 0.00392. The van der Waals surface area contributed by atoms with Crippen LogP contribution in [0.3, 0.4) is 0 Å². The number of hydrogen-bond donors (Lipinski definition) is 2. The number of aliphatic hydroxyl groups is 1. The molecule has 1 saturated heterocycles. The fraction of sp³-hybridized carbons (Fsp3) is 0.615. The standard InChI is InChI=1S/C13H17N3.C12H20N2O.C11H20N2O2.C9H16N2O.C7H12N2O/c1-10(2)13-8-11(3)16(15-13)9-12-6-4-5-7-14-12;1-10(2)12-6-7-14(13-12)9-11-5-3-4-8-15-11;1-8(2)11-5-10(7-15-4)13(12-11)6-9(3)14;1-7(2)9-5-8(6-12-4)11(3)10-9;1-5(2)6-4-7(10-3)9-8-6/h4-8,10H,9H2,1-3H3;6-7,10-11H,3-5,8-9H2,1-2H3;5,8-9,14H,6-7H2,1-4H3;5,7H,6H2,1-4H3;4-5H,1-3H3,(H,8,9). The van der Waals surface area contributed by atoms with Crippen molar-refractivity contribution in [1.82, 2.24) is 54.3 Å². The van der Waals surface area contributed by atoms with Crippen LogP contribution >= 0.6 is 0 Å². The molecular weight excluding hydrogens is 859 g/mol. The average molecular weight is 944 g/mol. The highest BCUT2D eigenvalue weighted by atomic mass is 16.5. The third-order valence-corrected chi connectivity index (χ3v) is 11.0. The molecule has 6 aromatic heterocycles. The van der Waals surface area contributed by atoms with Gasteiger partial charge >= 0.3 is 0 Å². The molecule has 0 bridgehead atoms. The zero-order chi connectivity index (χ0) is 50.3. The van der Waals surface area contributed by atoms with Crippen molar-refractivity contribution in [3.63, 3.8) is 0 Å². The predicted octanol–water partition coefficient (Wildman–Crippen LogP) is 10.1. The van der Waals surface area contributed by atoms with Crippen LogP contribution in [0.5, 0.6) is 5.88 Å². The molecule has 0 spiro atoms. The molecule has 0 saturated carbocycles. The largest absolute Gasteiger partial charge is 0.480 e. The number of pyridine rings is 1. The first-order valence-corrected chi connectivity index (χ1v) is 24.3. The van der Waals surface area contributed by atoms with E-state index in [9.17, 15) is 5.11 Å². The van der Waals surface area contributed by atoms with Gasteiger partial charge in [0.15, 0.2) is 0 Å². The number of aryl methyl sites for hydroxylation is 2. The van der Waals surface area contributed by atoms with Crippen molar-refractivity contribution in [2.45, 2.75) is 177 Å². The maximum atomic E-state index is 9.34. The molecule has 16 heteroatoms. The number of nitrogens with one attached hydrogen (secondary N) is 1. The molecule has 378 valence electrons. The SMILES string of the molecule is CC(C)c1ccn(CC2CCCCO2)n1.COCc1cc(C(C)C)nn1C.COCc1cc(C(C)C)nn1CC(C)O.COc1cc(C(C)C)[nH]n1.Cc1cc(C(C)C)nn1Cc1ccccn1. The third-order valence-electron chi connectivity index (χ3n) is 11.0. The van der Waals surface area contributed by atoms with Gasteiger partial charge in [0.2, 0.25) is 5.88 Å². The first kappa shape index (κ1) is 57.2. The highest BCUT2D eigenvalue weighted by Gasteiger charge is 2.16. The third kappa shape index (κ3) is 19.8. The van der Waals surface area contributed by atoms with E-state index in [4.69, 9.17) is 18.9 Å². The minimum absolute atomic E-state index is 0.374. The van der Waals surface area contributed by atoms with Crippen molar-refractivity contribution in [3.05, 3.63) is 112 Å². The van der Waals surface area contributed by atoms with Crippen molar-refractivity contribution in [2.75, 3.05) is 27.9 Å². The Morgan fingerprint density at radius 1 is 0.721 bits per heavy atom. The van der Waals surface area contributed by atoms with Crippen molar-refractivity contribution >= 4 is 0 Å². The second-order valence-corrected chi connectivity index (χ2v) is 18.9. The number of aliphatic hydroxyl groups excluding tert-OH is 1. The summed E-state index contributed by atoms with van der Waals surface area (Å²) in [6, 6.07) is 16.2. The van der Waals surface area contributed by atoms with Gasteiger partial charge in [-0.05, 0) is 99.1 Å². The van der Waals surface area contributed by atoms with Crippen LogP contribution in [0.2, 0.25) is 0 Å². The van der Waals surface area contributed by atoms with Crippen LogP contribution in [-0.2, 0) is 54.1 Å². The lowest BCUT2D eigenvalue weighted by Gasteiger charge is -2.22. The molecule has 68 heavy (non-hydrogen) atoms. The van der Waals surface area contributed by atoms with Crippen molar-refractivity contribution in [1.29, 1.82) is 0 Å². The smallest absolute Gasteiger partial charge is 0.232 e. The number of H-pyrrole nitrogens is 1. The summed E-state index contributed by atoms with van der Waals surface area (Å²) in [5, 5.41) is 34.1. The molecular formula is C52H85N11O5. The quantitative estimate of drug-likeness (QED) is 0.0947. The van der Waals surface area contributed by atoms with Crippen molar-refractivity contribution in [3.8, 4) is 5.88 Å². The Kier molecular flexibility index (Phi) is 24.9. The van der Waals surface area contributed by atoms with Crippen LogP contribution < -0.4 is 4.74 Å². The van der Waals surface area contributed by atoms with Gasteiger partial charge in [0.1, 0.15) is 0 Å². The lowest BCUT2D eigenvalue weighted by atomic mass is 10.1. The Morgan fingerprint density at radius 3 is 1.82 bits per heavy atom. The average Bonchev–Trinajstić information content (AvgIpc) is 4.16. The van der Waals surface area contributed by atoms with E-state index in [0.29, 0.717) is 61.3 Å². The summed E-state index contributed by atoms with van der Waals surface area (Å²) >= 11 is 0. The van der Waals surface area contributed by atoms with E-state index in [1.54, 1.807) is 28.3 Å². The van der Waals surface area contributed by atoms with Crippen molar-refractivity contribution in [2.24, 2.45) is 7.05 Å².